The highest BCUT2D eigenvalue weighted by Crippen LogP contribution is 2.24. The smallest absolute Gasteiger partial charge is 0.176 e. The Morgan fingerprint density at radius 3 is 2.18 bits per heavy atom. The van der Waals surface area contributed by atoms with Crippen molar-refractivity contribution in [2.24, 2.45) is 0 Å². The number of hydrogen-bond donors (Lipinski definition) is 2. The zero-order valence-corrected chi connectivity index (χ0v) is 17.0. The Hall–Kier alpha value is -2.83. The highest BCUT2D eigenvalue weighted by molar-refractivity contribution is 8.00. The first kappa shape index (κ1) is 19.9. The molecule has 0 unspecified atom stereocenters. The van der Waals surface area contributed by atoms with Crippen LogP contribution in [0.15, 0.2) is 83.8 Å². The van der Waals surface area contributed by atoms with E-state index < -0.39 is 0 Å². The molecular weight excluding hydrogens is 388 g/mol. The second-order valence-electron chi connectivity index (χ2n) is 5.88. The fraction of sp³-hybridized carbons (Fsp3) is 0.0909. The largest absolute Gasteiger partial charge is 0.496 e. The molecule has 3 aromatic rings. The van der Waals surface area contributed by atoms with Crippen LogP contribution in [0, 0.1) is 0 Å². The lowest BCUT2D eigenvalue weighted by Crippen LogP contribution is -2.18. The average molecular weight is 409 g/mol. The molecule has 0 bridgehead atoms. The molecule has 6 heteroatoms. The van der Waals surface area contributed by atoms with Gasteiger partial charge < -0.3 is 15.4 Å². The zero-order chi connectivity index (χ0) is 19.8. The molecular formula is C22H20N2O2S2. The second-order valence-corrected chi connectivity index (χ2v) is 7.34. The predicted molar refractivity (Wildman–Crippen MR) is 121 cm³/mol. The van der Waals surface area contributed by atoms with Crippen molar-refractivity contribution in [1.82, 2.24) is 0 Å². The quantitative estimate of drug-likeness (QED) is 0.307. The maximum absolute atomic E-state index is 12.4. The van der Waals surface area contributed by atoms with E-state index in [2.05, 4.69) is 10.6 Å². The Kier molecular flexibility index (Phi) is 7.06. The molecule has 4 nitrogen and oxygen atoms in total. The van der Waals surface area contributed by atoms with Gasteiger partial charge in [0.05, 0.1) is 18.4 Å². The molecule has 3 rings (SSSR count). The van der Waals surface area contributed by atoms with Crippen LogP contribution >= 0.6 is 24.0 Å². The zero-order valence-electron chi connectivity index (χ0n) is 15.3. The number of thioether (sulfide) groups is 1. The molecule has 0 fully saturated rings. The third-order valence-corrected chi connectivity index (χ3v) is 5.14. The fourth-order valence-corrected chi connectivity index (χ4v) is 3.57. The molecule has 142 valence electrons. The Morgan fingerprint density at radius 2 is 1.50 bits per heavy atom. The molecule has 0 saturated carbocycles. The molecule has 0 aliphatic carbocycles. The number of anilines is 2. The van der Waals surface area contributed by atoms with Crippen LogP contribution in [0.4, 0.5) is 11.4 Å². The summed E-state index contributed by atoms with van der Waals surface area (Å²) in [6, 6.07) is 24.8. The molecule has 2 N–H and O–H groups in total. The summed E-state index contributed by atoms with van der Waals surface area (Å²) in [5, 5.41) is 6.81. The number of ketones is 1. The monoisotopic (exact) mass is 408 g/mol. The summed E-state index contributed by atoms with van der Waals surface area (Å²) in [4.78, 5) is 13.5. The van der Waals surface area contributed by atoms with Crippen LogP contribution in [-0.2, 0) is 0 Å². The fourth-order valence-electron chi connectivity index (χ4n) is 2.55. The molecule has 0 heterocycles. The van der Waals surface area contributed by atoms with Gasteiger partial charge in [-0.05, 0) is 60.7 Å². The SMILES string of the molecule is COc1ccccc1C(=O)CSc1ccc(NC(=S)Nc2ccccc2)cc1. The number of Topliss-reactive ketones (excluding diaryl/α,β-unsaturated/α-hetero) is 1. The van der Waals surface area contributed by atoms with Gasteiger partial charge in [0, 0.05) is 16.3 Å². The second kappa shape index (κ2) is 9.92. The number of carbonyl (C=O) groups excluding carboxylic acids is 1. The third-order valence-electron chi connectivity index (χ3n) is 3.92. The van der Waals surface area contributed by atoms with Gasteiger partial charge in [0.15, 0.2) is 10.9 Å². The molecule has 0 amide bonds. The Labute approximate surface area is 174 Å². The minimum Gasteiger partial charge on any atom is -0.496 e. The van der Waals surface area contributed by atoms with Crippen LogP contribution in [0.5, 0.6) is 5.75 Å². The van der Waals surface area contributed by atoms with Crippen molar-refractivity contribution in [2.75, 3.05) is 23.5 Å². The molecule has 0 atom stereocenters. The number of para-hydroxylation sites is 2. The topological polar surface area (TPSA) is 50.4 Å². The van der Waals surface area contributed by atoms with Gasteiger partial charge in [0.1, 0.15) is 5.75 Å². The van der Waals surface area contributed by atoms with Gasteiger partial charge >= 0.3 is 0 Å². The van der Waals surface area contributed by atoms with E-state index in [9.17, 15) is 4.79 Å². The Balaban J connectivity index is 1.53. The molecule has 0 radical (unpaired) electrons. The first-order valence-corrected chi connectivity index (χ1v) is 10.1. The van der Waals surface area contributed by atoms with Crippen molar-refractivity contribution in [2.45, 2.75) is 4.90 Å². The number of nitrogens with one attached hydrogen (secondary N) is 2. The number of carbonyl (C=O) groups is 1. The summed E-state index contributed by atoms with van der Waals surface area (Å²) >= 11 is 6.82. The van der Waals surface area contributed by atoms with Crippen molar-refractivity contribution in [3.63, 3.8) is 0 Å². The molecule has 28 heavy (non-hydrogen) atoms. The summed E-state index contributed by atoms with van der Waals surface area (Å²) in [7, 11) is 1.57. The van der Waals surface area contributed by atoms with Gasteiger partial charge in [0.2, 0.25) is 0 Å². The van der Waals surface area contributed by atoms with Gasteiger partial charge in [-0.2, -0.15) is 0 Å². The van der Waals surface area contributed by atoms with E-state index in [0.717, 1.165) is 16.3 Å². The van der Waals surface area contributed by atoms with E-state index in [1.165, 1.54) is 11.8 Å². The van der Waals surface area contributed by atoms with Crippen LogP contribution in [0.1, 0.15) is 10.4 Å². The lowest BCUT2D eigenvalue weighted by Gasteiger charge is -2.11. The minimum absolute atomic E-state index is 0.0397. The van der Waals surface area contributed by atoms with E-state index in [0.29, 0.717) is 22.2 Å². The molecule has 0 aromatic heterocycles. The van der Waals surface area contributed by atoms with Crippen LogP contribution in [0.3, 0.4) is 0 Å². The Morgan fingerprint density at radius 1 is 0.893 bits per heavy atom. The highest BCUT2D eigenvalue weighted by Gasteiger charge is 2.11. The number of thiocarbonyl (C=S) groups is 1. The molecule has 0 aliphatic heterocycles. The van der Waals surface area contributed by atoms with E-state index in [1.807, 2.05) is 66.7 Å². The lowest BCUT2D eigenvalue weighted by molar-refractivity contribution is 0.101. The number of methoxy groups -OCH3 is 1. The van der Waals surface area contributed by atoms with Gasteiger partial charge in [-0.1, -0.05) is 30.3 Å². The van der Waals surface area contributed by atoms with E-state index >= 15 is 0 Å². The van der Waals surface area contributed by atoms with Crippen LogP contribution < -0.4 is 15.4 Å². The van der Waals surface area contributed by atoms with Crippen molar-refractivity contribution >= 4 is 46.3 Å². The average Bonchev–Trinajstić information content (AvgIpc) is 2.73. The summed E-state index contributed by atoms with van der Waals surface area (Å²) in [6.45, 7) is 0. The lowest BCUT2D eigenvalue weighted by atomic mass is 10.1. The summed E-state index contributed by atoms with van der Waals surface area (Å²) in [5.41, 5.74) is 2.42. The Bertz CT molecular complexity index is 944. The van der Waals surface area contributed by atoms with E-state index in [-0.39, 0.29) is 5.78 Å². The maximum atomic E-state index is 12.4. The summed E-state index contributed by atoms with van der Waals surface area (Å²) in [5.74, 6) is 0.992. The predicted octanol–water partition coefficient (Wildman–Crippen LogP) is 5.48. The van der Waals surface area contributed by atoms with E-state index in [4.69, 9.17) is 17.0 Å². The molecule has 3 aromatic carbocycles. The van der Waals surface area contributed by atoms with E-state index in [1.54, 1.807) is 19.2 Å². The first-order chi connectivity index (χ1) is 13.7. The number of hydrogen-bond acceptors (Lipinski definition) is 4. The van der Waals surface area contributed by atoms with Crippen LogP contribution in [0.2, 0.25) is 0 Å². The molecule has 0 saturated heterocycles. The highest BCUT2D eigenvalue weighted by atomic mass is 32.2. The first-order valence-electron chi connectivity index (χ1n) is 8.68. The van der Waals surface area contributed by atoms with Gasteiger partial charge in [0.25, 0.3) is 0 Å². The third kappa shape index (κ3) is 5.58. The minimum atomic E-state index is 0.0397. The van der Waals surface area contributed by atoms with Crippen molar-refractivity contribution in [3.8, 4) is 5.75 Å². The molecule has 0 spiro atoms. The molecule has 0 aliphatic rings. The van der Waals surface area contributed by atoms with Gasteiger partial charge in [-0.3, -0.25) is 4.79 Å². The normalized spacial score (nSPS) is 10.2. The van der Waals surface area contributed by atoms with Crippen molar-refractivity contribution in [1.29, 1.82) is 0 Å². The van der Waals surface area contributed by atoms with Crippen LogP contribution in [0.25, 0.3) is 0 Å². The number of ether oxygens (including phenoxy) is 1. The maximum Gasteiger partial charge on any atom is 0.176 e. The number of rotatable bonds is 7. The summed E-state index contributed by atoms with van der Waals surface area (Å²) in [6.07, 6.45) is 0. The number of benzene rings is 3. The van der Waals surface area contributed by atoms with Crippen molar-refractivity contribution in [3.05, 3.63) is 84.4 Å². The van der Waals surface area contributed by atoms with Crippen LogP contribution in [-0.4, -0.2) is 23.8 Å². The summed E-state index contributed by atoms with van der Waals surface area (Å²) < 4.78 is 5.26. The van der Waals surface area contributed by atoms with Gasteiger partial charge in [-0.25, -0.2) is 0 Å². The van der Waals surface area contributed by atoms with Crippen molar-refractivity contribution < 1.29 is 9.53 Å². The van der Waals surface area contributed by atoms with Gasteiger partial charge in [-0.15, -0.1) is 11.8 Å². The standard InChI is InChI=1S/C22H20N2O2S2/c1-26-21-10-6-5-9-19(21)20(25)15-28-18-13-11-17(12-14-18)24-22(27)23-16-7-3-2-4-8-16/h2-14H,15H2,1H3,(H2,23,24,27).